The molecule has 5 nitrogen and oxygen atoms in total. The number of H-pyrrole nitrogens is 1. The number of imidazole rings is 1. The molecule has 108 valence electrons. The molecule has 2 rings (SSSR count). The summed E-state index contributed by atoms with van der Waals surface area (Å²) in [6.07, 6.45) is 3.73. The summed E-state index contributed by atoms with van der Waals surface area (Å²) >= 11 is 0. The van der Waals surface area contributed by atoms with Crippen LogP contribution in [0, 0.1) is 0 Å². The number of methoxy groups -OCH3 is 2. The number of rotatable bonds is 6. The minimum atomic E-state index is -0.0574. The smallest absolute Gasteiger partial charge is 0.131 e. The Labute approximate surface area is 119 Å². The molecule has 1 heterocycles. The summed E-state index contributed by atoms with van der Waals surface area (Å²) in [5, 5.41) is 0. The van der Waals surface area contributed by atoms with Crippen LogP contribution in [-0.2, 0) is 0 Å². The third kappa shape index (κ3) is 2.93. The van der Waals surface area contributed by atoms with Crippen molar-refractivity contribution in [1.82, 2.24) is 9.97 Å². The van der Waals surface area contributed by atoms with Crippen LogP contribution in [0.1, 0.15) is 31.6 Å². The first-order chi connectivity index (χ1) is 9.69. The molecule has 0 amide bonds. The van der Waals surface area contributed by atoms with Gasteiger partial charge in [-0.1, -0.05) is 13.3 Å². The summed E-state index contributed by atoms with van der Waals surface area (Å²) in [6.45, 7) is 2.11. The third-order valence-electron chi connectivity index (χ3n) is 3.25. The predicted octanol–water partition coefficient (Wildman–Crippen LogP) is 2.89. The monoisotopic (exact) mass is 275 g/mol. The fraction of sp³-hybridized carbons (Fsp3) is 0.400. The van der Waals surface area contributed by atoms with Gasteiger partial charge in [0.25, 0.3) is 0 Å². The molecule has 1 aromatic carbocycles. The van der Waals surface area contributed by atoms with Crippen molar-refractivity contribution in [3.8, 4) is 22.8 Å². The van der Waals surface area contributed by atoms with Gasteiger partial charge in [-0.3, -0.25) is 0 Å². The maximum Gasteiger partial charge on any atom is 0.131 e. The first-order valence-electron chi connectivity index (χ1n) is 6.72. The van der Waals surface area contributed by atoms with Gasteiger partial charge in [0, 0.05) is 11.6 Å². The van der Waals surface area contributed by atoms with Crippen LogP contribution in [0.4, 0.5) is 0 Å². The highest BCUT2D eigenvalue weighted by atomic mass is 16.5. The molecule has 0 radical (unpaired) electrons. The minimum Gasteiger partial charge on any atom is -0.497 e. The Balaban J connectivity index is 2.32. The predicted molar refractivity (Wildman–Crippen MR) is 79.0 cm³/mol. The van der Waals surface area contributed by atoms with Crippen LogP contribution in [-0.4, -0.2) is 24.2 Å². The molecule has 0 aliphatic heterocycles. The Morgan fingerprint density at radius 3 is 2.75 bits per heavy atom. The third-order valence-corrected chi connectivity index (χ3v) is 3.25. The van der Waals surface area contributed by atoms with Gasteiger partial charge >= 0.3 is 0 Å². The molecule has 0 fully saturated rings. The van der Waals surface area contributed by atoms with E-state index in [4.69, 9.17) is 15.2 Å². The summed E-state index contributed by atoms with van der Waals surface area (Å²) in [5.41, 5.74) is 7.90. The summed E-state index contributed by atoms with van der Waals surface area (Å²) in [7, 11) is 3.27. The lowest BCUT2D eigenvalue weighted by molar-refractivity contribution is 0.395. The first-order valence-corrected chi connectivity index (χ1v) is 6.72. The van der Waals surface area contributed by atoms with Crippen molar-refractivity contribution in [2.75, 3.05) is 14.2 Å². The molecule has 2 aromatic rings. The molecular formula is C15H21N3O2. The van der Waals surface area contributed by atoms with E-state index in [-0.39, 0.29) is 6.04 Å². The lowest BCUT2D eigenvalue weighted by Gasteiger charge is -2.09. The molecule has 3 N–H and O–H groups in total. The van der Waals surface area contributed by atoms with Gasteiger partial charge in [0.05, 0.1) is 32.2 Å². The van der Waals surface area contributed by atoms with Gasteiger partial charge in [-0.25, -0.2) is 4.98 Å². The number of nitrogens with one attached hydrogen (secondary N) is 1. The lowest BCUT2D eigenvalue weighted by Crippen LogP contribution is -2.11. The summed E-state index contributed by atoms with van der Waals surface area (Å²) in [6, 6.07) is 5.63. The number of nitrogens with zero attached hydrogens (tertiary/aromatic N) is 1. The van der Waals surface area contributed by atoms with Crippen molar-refractivity contribution >= 4 is 0 Å². The fourth-order valence-corrected chi connectivity index (χ4v) is 2.13. The normalized spacial score (nSPS) is 12.2. The number of hydrogen-bond acceptors (Lipinski definition) is 4. The van der Waals surface area contributed by atoms with E-state index in [0.29, 0.717) is 0 Å². The molecule has 0 saturated heterocycles. The van der Waals surface area contributed by atoms with Crippen LogP contribution in [0.3, 0.4) is 0 Å². The Kier molecular flexibility index (Phi) is 4.63. The molecular weight excluding hydrogens is 254 g/mol. The number of hydrogen-bond donors (Lipinski definition) is 2. The van der Waals surface area contributed by atoms with Crippen molar-refractivity contribution in [1.29, 1.82) is 0 Å². The van der Waals surface area contributed by atoms with E-state index in [1.165, 1.54) is 0 Å². The highest BCUT2D eigenvalue weighted by molar-refractivity contribution is 5.68. The molecule has 5 heteroatoms. The Morgan fingerprint density at radius 2 is 2.10 bits per heavy atom. The Bertz CT molecular complexity index is 566. The molecule has 1 atom stereocenters. The first kappa shape index (κ1) is 14.4. The molecule has 0 aliphatic rings. The van der Waals surface area contributed by atoms with Crippen molar-refractivity contribution in [2.45, 2.75) is 25.8 Å². The van der Waals surface area contributed by atoms with Gasteiger partial charge in [-0.15, -0.1) is 0 Å². The zero-order valence-corrected chi connectivity index (χ0v) is 12.1. The van der Waals surface area contributed by atoms with Gasteiger partial charge in [0.2, 0.25) is 0 Å². The molecule has 0 saturated carbocycles. The molecule has 0 bridgehead atoms. The molecule has 20 heavy (non-hydrogen) atoms. The van der Waals surface area contributed by atoms with E-state index >= 15 is 0 Å². The van der Waals surface area contributed by atoms with E-state index in [1.54, 1.807) is 20.4 Å². The van der Waals surface area contributed by atoms with E-state index in [9.17, 15) is 0 Å². The second-order valence-corrected chi connectivity index (χ2v) is 4.64. The second kappa shape index (κ2) is 6.43. The summed E-state index contributed by atoms with van der Waals surface area (Å²) < 4.78 is 10.6. The SMILES string of the molecule is CCCC(N)c1ncc(-c2ccc(OC)cc2OC)[nH]1. The van der Waals surface area contributed by atoms with Gasteiger partial charge in [0.15, 0.2) is 0 Å². The number of benzene rings is 1. The highest BCUT2D eigenvalue weighted by Crippen LogP contribution is 2.32. The summed E-state index contributed by atoms with van der Waals surface area (Å²) in [4.78, 5) is 7.63. The fourth-order valence-electron chi connectivity index (χ4n) is 2.13. The van der Waals surface area contributed by atoms with Gasteiger partial charge in [-0.05, 0) is 18.6 Å². The topological polar surface area (TPSA) is 73.2 Å². The average molecular weight is 275 g/mol. The number of nitrogens with two attached hydrogens (primary N) is 1. The van der Waals surface area contributed by atoms with E-state index in [1.807, 2.05) is 18.2 Å². The van der Waals surface area contributed by atoms with Crippen molar-refractivity contribution in [3.63, 3.8) is 0 Å². The Hall–Kier alpha value is -2.01. The maximum atomic E-state index is 6.07. The molecule has 1 aromatic heterocycles. The number of aromatic nitrogens is 2. The van der Waals surface area contributed by atoms with Gasteiger partial charge in [-0.2, -0.15) is 0 Å². The van der Waals surface area contributed by atoms with Crippen molar-refractivity contribution in [3.05, 3.63) is 30.2 Å². The zero-order chi connectivity index (χ0) is 14.5. The molecule has 0 aliphatic carbocycles. The van der Waals surface area contributed by atoms with E-state index in [0.717, 1.165) is 41.4 Å². The molecule has 1 unspecified atom stereocenters. The quantitative estimate of drug-likeness (QED) is 0.850. The second-order valence-electron chi connectivity index (χ2n) is 4.64. The van der Waals surface area contributed by atoms with Crippen LogP contribution in [0.5, 0.6) is 11.5 Å². The van der Waals surface area contributed by atoms with Crippen LogP contribution in [0.25, 0.3) is 11.3 Å². The van der Waals surface area contributed by atoms with Crippen LogP contribution in [0.2, 0.25) is 0 Å². The zero-order valence-electron chi connectivity index (χ0n) is 12.1. The van der Waals surface area contributed by atoms with E-state index in [2.05, 4.69) is 16.9 Å². The summed E-state index contributed by atoms with van der Waals surface area (Å²) in [5.74, 6) is 2.30. The van der Waals surface area contributed by atoms with Gasteiger partial charge < -0.3 is 20.2 Å². The van der Waals surface area contributed by atoms with Crippen molar-refractivity contribution in [2.24, 2.45) is 5.73 Å². The van der Waals surface area contributed by atoms with Crippen LogP contribution in [0.15, 0.2) is 24.4 Å². The largest absolute Gasteiger partial charge is 0.497 e. The average Bonchev–Trinajstić information content (AvgIpc) is 2.96. The van der Waals surface area contributed by atoms with E-state index < -0.39 is 0 Å². The van der Waals surface area contributed by atoms with Crippen LogP contribution < -0.4 is 15.2 Å². The molecule has 0 spiro atoms. The standard InChI is InChI=1S/C15H21N3O2/c1-4-5-12(16)15-17-9-13(18-15)11-7-6-10(19-2)8-14(11)20-3/h6-9,12H,4-5,16H2,1-3H3,(H,17,18). The highest BCUT2D eigenvalue weighted by Gasteiger charge is 2.13. The minimum absolute atomic E-state index is 0.0574. The van der Waals surface area contributed by atoms with Crippen LogP contribution >= 0.6 is 0 Å². The van der Waals surface area contributed by atoms with Crippen molar-refractivity contribution < 1.29 is 9.47 Å². The number of ether oxygens (including phenoxy) is 2. The lowest BCUT2D eigenvalue weighted by atomic mass is 10.1. The maximum absolute atomic E-state index is 6.07. The Morgan fingerprint density at radius 1 is 1.30 bits per heavy atom. The number of aromatic amines is 1. The van der Waals surface area contributed by atoms with Gasteiger partial charge in [0.1, 0.15) is 17.3 Å².